The van der Waals surface area contributed by atoms with E-state index in [4.69, 9.17) is 0 Å². The van der Waals surface area contributed by atoms with Crippen LogP contribution in [0.15, 0.2) is 6.20 Å². The number of hydrogen-bond acceptors (Lipinski definition) is 3. The first-order valence-electron chi connectivity index (χ1n) is 9.71. The molecule has 2 aliphatic carbocycles. The summed E-state index contributed by atoms with van der Waals surface area (Å²) in [4.78, 5) is 17.4. The Labute approximate surface area is 145 Å². The minimum atomic E-state index is 0.379. The summed E-state index contributed by atoms with van der Waals surface area (Å²) in [7, 11) is 0. The molecule has 3 fully saturated rings. The molecule has 3 aliphatic rings. The van der Waals surface area contributed by atoms with E-state index < -0.39 is 0 Å². The Hall–Kier alpha value is -1.36. The molecule has 5 heteroatoms. The Kier molecular flexibility index (Phi) is 4.37. The predicted octanol–water partition coefficient (Wildman–Crippen LogP) is 2.29. The molecule has 1 saturated heterocycles. The van der Waals surface area contributed by atoms with Crippen LogP contribution >= 0.6 is 0 Å². The second-order valence-electron chi connectivity index (χ2n) is 7.83. The van der Waals surface area contributed by atoms with Crippen molar-refractivity contribution in [3.63, 3.8) is 0 Å². The molecule has 0 aromatic carbocycles. The van der Waals surface area contributed by atoms with Gasteiger partial charge in [-0.05, 0) is 38.5 Å². The monoisotopic (exact) mass is 330 g/mol. The van der Waals surface area contributed by atoms with Crippen LogP contribution in [0.4, 0.5) is 0 Å². The largest absolute Gasteiger partial charge is 0.340 e. The zero-order chi connectivity index (χ0) is 16.7. The fraction of sp³-hybridized carbons (Fsp3) is 0.789. The van der Waals surface area contributed by atoms with Crippen molar-refractivity contribution in [1.82, 2.24) is 19.6 Å². The molecule has 1 aromatic heterocycles. The zero-order valence-electron chi connectivity index (χ0n) is 15.1. The van der Waals surface area contributed by atoms with Gasteiger partial charge in [0.1, 0.15) is 0 Å². The minimum Gasteiger partial charge on any atom is -0.340 e. The lowest BCUT2D eigenvalue weighted by Gasteiger charge is -2.35. The van der Waals surface area contributed by atoms with E-state index >= 15 is 0 Å². The van der Waals surface area contributed by atoms with E-state index in [1.807, 2.05) is 4.68 Å². The van der Waals surface area contributed by atoms with Gasteiger partial charge in [-0.3, -0.25) is 14.4 Å². The molecule has 132 valence electrons. The number of hydrogen-bond donors (Lipinski definition) is 0. The maximum Gasteiger partial charge on any atom is 0.226 e. The maximum absolute atomic E-state index is 12.8. The highest BCUT2D eigenvalue weighted by atomic mass is 16.2. The lowest BCUT2D eigenvalue weighted by atomic mass is 10.0. The number of carbonyl (C=O) groups excluding carboxylic acids is 1. The van der Waals surface area contributed by atoms with Crippen molar-refractivity contribution in [3.05, 3.63) is 17.5 Å². The molecule has 2 heterocycles. The number of nitrogens with zero attached hydrogens (tertiary/aromatic N) is 4. The second-order valence-corrected chi connectivity index (χ2v) is 7.83. The Morgan fingerprint density at radius 1 is 1.17 bits per heavy atom. The Morgan fingerprint density at radius 3 is 2.42 bits per heavy atom. The van der Waals surface area contributed by atoms with Gasteiger partial charge in [0.25, 0.3) is 0 Å². The van der Waals surface area contributed by atoms with Gasteiger partial charge in [-0.2, -0.15) is 5.10 Å². The highest BCUT2D eigenvalue weighted by molar-refractivity contribution is 5.82. The Balaban J connectivity index is 1.29. The highest BCUT2D eigenvalue weighted by Gasteiger charge is 2.55. The van der Waals surface area contributed by atoms with Gasteiger partial charge in [0.05, 0.1) is 5.69 Å². The Bertz CT molecular complexity index is 591. The molecule has 0 bridgehead atoms. The van der Waals surface area contributed by atoms with E-state index in [-0.39, 0.29) is 0 Å². The third-order valence-corrected chi connectivity index (χ3v) is 6.39. The van der Waals surface area contributed by atoms with Crippen LogP contribution in [0.2, 0.25) is 0 Å². The van der Waals surface area contributed by atoms with Crippen LogP contribution in [0, 0.1) is 24.7 Å². The van der Waals surface area contributed by atoms with Crippen LogP contribution < -0.4 is 0 Å². The third-order valence-electron chi connectivity index (χ3n) is 6.39. The number of fused-ring (bicyclic) bond motifs is 1. The number of aromatic nitrogens is 2. The van der Waals surface area contributed by atoms with Gasteiger partial charge in [0.15, 0.2) is 0 Å². The van der Waals surface area contributed by atoms with Crippen molar-refractivity contribution in [2.24, 2.45) is 17.8 Å². The molecule has 1 aliphatic heterocycles. The third kappa shape index (κ3) is 2.99. The van der Waals surface area contributed by atoms with Gasteiger partial charge in [0.2, 0.25) is 5.91 Å². The van der Waals surface area contributed by atoms with E-state index in [0.717, 1.165) is 56.8 Å². The molecular formula is C19H30N4O. The molecule has 0 radical (unpaired) electrons. The summed E-state index contributed by atoms with van der Waals surface area (Å²) in [5.41, 5.74) is 2.46. The van der Waals surface area contributed by atoms with Gasteiger partial charge in [-0.1, -0.05) is 12.8 Å². The molecule has 5 nitrogen and oxygen atoms in total. The van der Waals surface area contributed by atoms with Crippen LogP contribution in [0.1, 0.15) is 43.9 Å². The predicted molar refractivity (Wildman–Crippen MR) is 93.4 cm³/mol. The first-order valence-corrected chi connectivity index (χ1v) is 9.71. The summed E-state index contributed by atoms with van der Waals surface area (Å²) in [6.07, 6.45) is 7.43. The van der Waals surface area contributed by atoms with Crippen LogP contribution in [0.3, 0.4) is 0 Å². The first-order chi connectivity index (χ1) is 11.7. The topological polar surface area (TPSA) is 41.4 Å². The van der Waals surface area contributed by atoms with Crippen LogP contribution in [-0.2, 0) is 17.9 Å². The van der Waals surface area contributed by atoms with Crippen molar-refractivity contribution in [2.45, 2.75) is 52.6 Å². The van der Waals surface area contributed by atoms with Crippen molar-refractivity contribution in [3.8, 4) is 0 Å². The molecule has 0 spiro atoms. The van der Waals surface area contributed by atoms with Gasteiger partial charge >= 0.3 is 0 Å². The lowest BCUT2D eigenvalue weighted by molar-refractivity contribution is -0.135. The van der Waals surface area contributed by atoms with E-state index in [1.165, 1.54) is 31.2 Å². The smallest absolute Gasteiger partial charge is 0.226 e. The molecule has 0 N–H and O–H groups in total. The van der Waals surface area contributed by atoms with Crippen LogP contribution in [0.25, 0.3) is 0 Å². The molecule has 4 rings (SSSR count). The average Bonchev–Trinajstić information content (AvgIpc) is 3.24. The normalized spacial score (nSPS) is 30.2. The maximum atomic E-state index is 12.8. The molecule has 3 atom stereocenters. The minimum absolute atomic E-state index is 0.379. The first kappa shape index (κ1) is 16.1. The Morgan fingerprint density at radius 2 is 1.83 bits per heavy atom. The lowest BCUT2D eigenvalue weighted by Crippen LogP contribution is -2.49. The second kappa shape index (κ2) is 6.51. The summed E-state index contributed by atoms with van der Waals surface area (Å²) >= 11 is 0. The quantitative estimate of drug-likeness (QED) is 0.850. The zero-order valence-corrected chi connectivity index (χ0v) is 15.1. The summed E-state index contributed by atoms with van der Waals surface area (Å²) in [5.74, 6) is 2.30. The van der Waals surface area contributed by atoms with Crippen molar-refractivity contribution < 1.29 is 4.79 Å². The summed E-state index contributed by atoms with van der Waals surface area (Å²) in [5, 5.41) is 4.54. The summed E-state index contributed by atoms with van der Waals surface area (Å²) in [6.45, 7) is 9.88. The summed E-state index contributed by atoms with van der Waals surface area (Å²) < 4.78 is 2.01. The number of piperazine rings is 1. The van der Waals surface area contributed by atoms with E-state index in [2.05, 4.69) is 34.9 Å². The molecule has 1 unspecified atom stereocenters. The fourth-order valence-electron chi connectivity index (χ4n) is 4.81. The van der Waals surface area contributed by atoms with Crippen LogP contribution in [0.5, 0.6) is 0 Å². The molecule has 2 saturated carbocycles. The van der Waals surface area contributed by atoms with Gasteiger partial charge < -0.3 is 4.90 Å². The number of carbonyl (C=O) groups is 1. The average molecular weight is 330 g/mol. The van der Waals surface area contributed by atoms with Crippen molar-refractivity contribution in [2.75, 3.05) is 26.2 Å². The fourth-order valence-corrected chi connectivity index (χ4v) is 4.81. The van der Waals surface area contributed by atoms with E-state index in [0.29, 0.717) is 11.8 Å². The summed E-state index contributed by atoms with van der Waals surface area (Å²) in [6, 6.07) is 0. The van der Waals surface area contributed by atoms with E-state index in [9.17, 15) is 4.79 Å². The number of rotatable bonds is 4. The molecule has 24 heavy (non-hydrogen) atoms. The number of amides is 1. The van der Waals surface area contributed by atoms with Crippen molar-refractivity contribution >= 4 is 5.91 Å². The van der Waals surface area contributed by atoms with Gasteiger partial charge in [-0.15, -0.1) is 0 Å². The van der Waals surface area contributed by atoms with Crippen LogP contribution in [-0.4, -0.2) is 51.7 Å². The van der Waals surface area contributed by atoms with Crippen molar-refractivity contribution in [1.29, 1.82) is 0 Å². The number of aryl methyl sites for hydroxylation is 2. The SMILES string of the molecule is CCn1cc(CN2CCN(C(=O)C3[C@H]4CCCC[C@@H]34)CC2)c(C)n1. The standard InChI is InChI=1S/C19H30N4O/c1-3-23-13-15(14(2)20-23)12-21-8-10-22(11-9-21)19(24)18-16-6-4-5-7-17(16)18/h13,16-18H,3-12H2,1-2H3/t16-,17+,18?. The molecule has 1 aromatic rings. The molecule has 1 amide bonds. The van der Waals surface area contributed by atoms with Gasteiger partial charge in [-0.25, -0.2) is 0 Å². The highest BCUT2D eigenvalue weighted by Crippen LogP contribution is 2.56. The van der Waals surface area contributed by atoms with E-state index in [1.54, 1.807) is 0 Å². The van der Waals surface area contributed by atoms with Gasteiger partial charge in [0, 0.05) is 56.9 Å². The molecular weight excluding hydrogens is 300 g/mol.